The maximum absolute atomic E-state index is 12.4. The van der Waals surface area contributed by atoms with Crippen molar-refractivity contribution in [1.82, 2.24) is 9.99 Å². The third-order valence-corrected chi connectivity index (χ3v) is 5.46. The standard InChI is InChI=1S/C24H27N3O2/c1-2-29-23-14-8-3-9-18(23)17-25-26-24(28)15-16-27-21-12-6-4-10-19(21)20-11-5-7-13-22(20)27/h3-4,6,8-10,12,14,17H,2,5,7,11,13,15-16H2,1H3,(H,26,28). The molecule has 0 aliphatic heterocycles. The first-order chi connectivity index (χ1) is 14.3. The molecule has 1 aliphatic carbocycles. The largest absolute Gasteiger partial charge is 0.493 e. The van der Waals surface area contributed by atoms with Gasteiger partial charge in [0.05, 0.1) is 12.8 Å². The molecule has 1 aromatic heterocycles. The number of carbonyl (C=O) groups is 1. The van der Waals surface area contributed by atoms with E-state index in [2.05, 4.69) is 39.4 Å². The van der Waals surface area contributed by atoms with Crippen LogP contribution in [0.4, 0.5) is 0 Å². The number of hydrogen-bond donors (Lipinski definition) is 1. The zero-order chi connectivity index (χ0) is 20.1. The summed E-state index contributed by atoms with van der Waals surface area (Å²) in [5, 5.41) is 5.46. The summed E-state index contributed by atoms with van der Waals surface area (Å²) < 4.78 is 7.91. The molecule has 5 nitrogen and oxygen atoms in total. The van der Waals surface area contributed by atoms with Gasteiger partial charge in [-0.3, -0.25) is 4.79 Å². The molecular weight excluding hydrogens is 362 g/mol. The van der Waals surface area contributed by atoms with Crippen molar-refractivity contribution in [3.63, 3.8) is 0 Å². The van der Waals surface area contributed by atoms with E-state index in [0.29, 0.717) is 19.6 Å². The number of rotatable bonds is 7. The second kappa shape index (κ2) is 8.95. The lowest BCUT2D eigenvalue weighted by molar-refractivity contribution is -0.121. The highest BCUT2D eigenvalue weighted by Crippen LogP contribution is 2.32. The lowest BCUT2D eigenvalue weighted by Gasteiger charge is -2.15. The second-order valence-corrected chi connectivity index (χ2v) is 7.32. The molecule has 0 saturated heterocycles. The van der Waals surface area contributed by atoms with E-state index in [9.17, 15) is 4.79 Å². The molecule has 1 heterocycles. The van der Waals surface area contributed by atoms with Gasteiger partial charge in [0, 0.05) is 35.1 Å². The van der Waals surface area contributed by atoms with Crippen molar-refractivity contribution >= 4 is 23.0 Å². The van der Waals surface area contributed by atoms with E-state index in [1.165, 1.54) is 35.0 Å². The third kappa shape index (κ3) is 4.19. The number of aryl methyl sites for hydroxylation is 2. The smallest absolute Gasteiger partial charge is 0.241 e. The van der Waals surface area contributed by atoms with Gasteiger partial charge < -0.3 is 9.30 Å². The van der Waals surface area contributed by atoms with Crippen LogP contribution in [0.5, 0.6) is 5.75 Å². The summed E-state index contributed by atoms with van der Waals surface area (Å²) in [6.07, 6.45) is 6.74. The van der Waals surface area contributed by atoms with E-state index in [0.717, 1.165) is 24.2 Å². The highest BCUT2D eigenvalue weighted by molar-refractivity contribution is 5.87. The van der Waals surface area contributed by atoms with Crippen molar-refractivity contribution in [2.45, 2.75) is 45.6 Å². The maximum atomic E-state index is 12.4. The number of ether oxygens (including phenoxy) is 1. The number of nitrogens with one attached hydrogen (secondary N) is 1. The summed E-state index contributed by atoms with van der Waals surface area (Å²) in [5.74, 6) is 0.677. The van der Waals surface area contributed by atoms with Gasteiger partial charge in [-0.15, -0.1) is 0 Å². The van der Waals surface area contributed by atoms with Crippen molar-refractivity contribution < 1.29 is 9.53 Å². The number of fused-ring (bicyclic) bond motifs is 3. The maximum Gasteiger partial charge on any atom is 0.241 e. The highest BCUT2D eigenvalue weighted by atomic mass is 16.5. The molecule has 0 fully saturated rings. The summed E-state index contributed by atoms with van der Waals surface area (Å²) >= 11 is 0. The van der Waals surface area contributed by atoms with Gasteiger partial charge in [0.2, 0.25) is 5.91 Å². The van der Waals surface area contributed by atoms with Gasteiger partial charge in [-0.1, -0.05) is 30.3 Å². The molecule has 1 N–H and O–H groups in total. The van der Waals surface area contributed by atoms with Gasteiger partial charge in [-0.2, -0.15) is 5.10 Å². The molecule has 1 amide bonds. The van der Waals surface area contributed by atoms with E-state index in [-0.39, 0.29) is 5.91 Å². The Morgan fingerprint density at radius 2 is 1.93 bits per heavy atom. The zero-order valence-electron chi connectivity index (χ0n) is 16.9. The predicted octanol–water partition coefficient (Wildman–Crippen LogP) is 4.46. The molecule has 0 spiro atoms. The van der Waals surface area contributed by atoms with E-state index < -0.39 is 0 Å². The number of para-hydroxylation sites is 2. The minimum Gasteiger partial charge on any atom is -0.493 e. The fraction of sp³-hybridized carbons (Fsp3) is 0.333. The summed E-state index contributed by atoms with van der Waals surface area (Å²) in [6.45, 7) is 3.21. The lowest BCUT2D eigenvalue weighted by atomic mass is 9.95. The number of hydrazone groups is 1. The molecule has 0 atom stereocenters. The Labute approximate surface area is 171 Å². The second-order valence-electron chi connectivity index (χ2n) is 7.32. The molecule has 5 heteroatoms. The monoisotopic (exact) mass is 389 g/mol. The SMILES string of the molecule is CCOc1ccccc1C=NNC(=O)CCn1c2c(c3ccccc31)CCCC2. The molecule has 1 aliphatic rings. The Hall–Kier alpha value is -3.08. The van der Waals surface area contributed by atoms with Crippen LogP contribution in [0.2, 0.25) is 0 Å². The Bertz CT molecular complexity index is 1040. The van der Waals surface area contributed by atoms with Crippen molar-refractivity contribution in [3.8, 4) is 5.75 Å². The Kier molecular flexibility index (Phi) is 5.94. The third-order valence-electron chi connectivity index (χ3n) is 5.46. The number of nitrogens with zero attached hydrogens (tertiary/aromatic N) is 2. The van der Waals surface area contributed by atoms with Gasteiger partial charge in [0.15, 0.2) is 0 Å². The Balaban J connectivity index is 1.42. The lowest BCUT2D eigenvalue weighted by Crippen LogP contribution is -2.20. The fourth-order valence-electron chi connectivity index (χ4n) is 4.16. The van der Waals surface area contributed by atoms with Crippen LogP contribution in [-0.2, 0) is 24.2 Å². The molecule has 0 unspecified atom stereocenters. The summed E-state index contributed by atoms with van der Waals surface area (Å²) in [5.41, 5.74) is 7.61. The van der Waals surface area contributed by atoms with Crippen LogP contribution >= 0.6 is 0 Å². The average molecular weight is 389 g/mol. The Morgan fingerprint density at radius 3 is 2.83 bits per heavy atom. The van der Waals surface area contributed by atoms with Crippen molar-refractivity contribution in [2.75, 3.05) is 6.61 Å². The van der Waals surface area contributed by atoms with Gasteiger partial charge in [-0.25, -0.2) is 5.43 Å². The van der Waals surface area contributed by atoms with Crippen molar-refractivity contribution in [1.29, 1.82) is 0 Å². The van der Waals surface area contributed by atoms with Crippen LogP contribution in [0, 0.1) is 0 Å². The molecule has 0 saturated carbocycles. The van der Waals surface area contributed by atoms with E-state index in [4.69, 9.17) is 4.74 Å². The summed E-state index contributed by atoms with van der Waals surface area (Å²) in [4.78, 5) is 12.4. The fourth-order valence-corrected chi connectivity index (χ4v) is 4.16. The molecular formula is C24H27N3O2. The van der Waals surface area contributed by atoms with Crippen LogP contribution in [0.3, 0.4) is 0 Å². The minimum atomic E-state index is -0.0857. The quantitative estimate of drug-likeness (QED) is 0.479. The molecule has 2 aromatic carbocycles. The number of aromatic nitrogens is 1. The average Bonchev–Trinajstić information content (AvgIpc) is 3.07. The summed E-state index contributed by atoms with van der Waals surface area (Å²) in [6, 6.07) is 16.2. The summed E-state index contributed by atoms with van der Waals surface area (Å²) in [7, 11) is 0. The first-order valence-corrected chi connectivity index (χ1v) is 10.4. The van der Waals surface area contributed by atoms with E-state index in [1.807, 2.05) is 31.2 Å². The number of benzene rings is 2. The van der Waals surface area contributed by atoms with Crippen LogP contribution in [0.25, 0.3) is 10.9 Å². The normalized spacial score (nSPS) is 13.6. The minimum absolute atomic E-state index is 0.0857. The molecule has 150 valence electrons. The molecule has 0 radical (unpaired) electrons. The number of hydrogen-bond acceptors (Lipinski definition) is 3. The van der Waals surface area contributed by atoms with Crippen LogP contribution in [-0.4, -0.2) is 23.3 Å². The first-order valence-electron chi connectivity index (χ1n) is 10.4. The van der Waals surface area contributed by atoms with Crippen molar-refractivity contribution in [3.05, 3.63) is 65.4 Å². The van der Waals surface area contributed by atoms with Gasteiger partial charge in [0.25, 0.3) is 0 Å². The van der Waals surface area contributed by atoms with E-state index >= 15 is 0 Å². The van der Waals surface area contributed by atoms with Crippen LogP contribution in [0.15, 0.2) is 53.6 Å². The Morgan fingerprint density at radius 1 is 1.14 bits per heavy atom. The molecule has 4 rings (SSSR count). The number of carbonyl (C=O) groups excluding carboxylic acids is 1. The van der Waals surface area contributed by atoms with Gasteiger partial charge in [-0.05, 0) is 56.4 Å². The molecule has 0 bridgehead atoms. The van der Waals surface area contributed by atoms with Crippen LogP contribution < -0.4 is 10.2 Å². The number of amides is 1. The predicted molar refractivity (Wildman–Crippen MR) is 117 cm³/mol. The van der Waals surface area contributed by atoms with E-state index in [1.54, 1.807) is 6.21 Å². The zero-order valence-corrected chi connectivity index (χ0v) is 16.9. The first kappa shape index (κ1) is 19.2. The molecule has 29 heavy (non-hydrogen) atoms. The highest BCUT2D eigenvalue weighted by Gasteiger charge is 2.19. The topological polar surface area (TPSA) is 55.6 Å². The van der Waals surface area contributed by atoms with Gasteiger partial charge >= 0.3 is 0 Å². The van der Waals surface area contributed by atoms with Crippen LogP contribution in [0.1, 0.15) is 43.0 Å². The molecule has 3 aromatic rings. The van der Waals surface area contributed by atoms with Crippen molar-refractivity contribution in [2.24, 2.45) is 5.10 Å². The van der Waals surface area contributed by atoms with Gasteiger partial charge in [0.1, 0.15) is 5.75 Å².